The van der Waals surface area contributed by atoms with E-state index in [1.807, 2.05) is 18.2 Å². The van der Waals surface area contributed by atoms with Crippen LogP contribution in [0.15, 0.2) is 75.1 Å². The molecule has 0 radical (unpaired) electrons. The molecule has 0 aliphatic heterocycles. The first-order valence-corrected chi connectivity index (χ1v) is 8.80. The van der Waals surface area contributed by atoms with Gasteiger partial charge in [-0.2, -0.15) is 14.7 Å². The van der Waals surface area contributed by atoms with E-state index in [1.165, 1.54) is 28.8 Å². The molecule has 4 rings (SSSR count). The fraction of sp³-hybridized carbons (Fsp3) is 0. The van der Waals surface area contributed by atoms with Crippen LogP contribution in [0.4, 0.5) is 45.9 Å². The van der Waals surface area contributed by atoms with Crippen LogP contribution in [0.1, 0.15) is 0 Å². The standard InChI is InChI=1S/C18H15N11O2/c19-15-13(25-23-10-4-2-1-3-5-10)17(21)28-18(22-15)14(16(20)27-28)26-24-11-6-8-12(9-7-11)29(30)31/h1-9H,21H2,(H2,19,22)(H2,20,27). The lowest BCUT2D eigenvalue weighted by atomic mass is 10.3. The monoisotopic (exact) mass is 417 g/mol. The van der Waals surface area contributed by atoms with E-state index in [4.69, 9.17) is 17.2 Å². The first-order valence-electron chi connectivity index (χ1n) is 8.80. The maximum absolute atomic E-state index is 10.7. The van der Waals surface area contributed by atoms with Crippen molar-refractivity contribution < 1.29 is 4.92 Å². The minimum Gasteiger partial charge on any atom is -0.382 e. The number of nitrogens with zero attached hydrogens (tertiary/aromatic N) is 8. The average Bonchev–Trinajstić information content (AvgIpc) is 3.08. The molecule has 2 heterocycles. The Balaban J connectivity index is 1.70. The van der Waals surface area contributed by atoms with Gasteiger partial charge in [0.25, 0.3) is 5.69 Å². The van der Waals surface area contributed by atoms with Gasteiger partial charge in [0.1, 0.15) is 0 Å². The number of non-ortho nitro benzene ring substituents is 1. The van der Waals surface area contributed by atoms with Crippen LogP contribution < -0.4 is 17.2 Å². The zero-order chi connectivity index (χ0) is 22.0. The van der Waals surface area contributed by atoms with Crippen molar-refractivity contribution in [1.29, 1.82) is 0 Å². The van der Waals surface area contributed by atoms with E-state index in [2.05, 4.69) is 30.5 Å². The van der Waals surface area contributed by atoms with E-state index in [0.29, 0.717) is 11.4 Å². The predicted molar refractivity (Wildman–Crippen MR) is 114 cm³/mol. The first-order chi connectivity index (χ1) is 14.9. The molecule has 0 amide bonds. The van der Waals surface area contributed by atoms with Gasteiger partial charge >= 0.3 is 0 Å². The van der Waals surface area contributed by atoms with Gasteiger partial charge in [-0.15, -0.1) is 15.3 Å². The molecule has 0 saturated carbocycles. The van der Waals surface area contributed by atoms with Crippen LogP contribution >= 0.6 is 0 Å². The highest BCUT2D eigenvalue weighted by Crippen LogP contribution is 2.36. The number of nitro benzene ring substituents is 1. The Morgan fingerprint density at radius 1 is 0.806 bits per heavy atom. The number of aromatic nitrogens is 3. The molecule has 0 saturated heterocycles. The number of hydrogen-bond donors (Lipinski definition) is 3. The van der Waals surface area contributed by atoms with Gasteiger partial charge < -0.3 is 17.2 Å². The second-order valence-corrected chi connectivity index (χ2v) is 6.21. The highest BCUT2D eigenvalue weighted by molar-refractivity contribution is 5.83. The third kappa shape index (κ3) is 3.82. The Morgan fingerprint density at radius 3 is 2.06 bits per heavy atom. The zero-order valence-corrected chi connectivity index (χ0v) is 15.8. The highest BCUT2D eigenvalue weighted by Gasteiger charge is 2.18. The summed E-state index contributed by atoms with van der Waals surface area (Å²) in [6, 6.07) is 14.5. The van der Waals surface area contributed by atoms with Crippen molar-refractivity contribution in [3.05, 3.63) is 64.7 Å². The molecule has 0 atom stereocenters. The number of hydrogen-bond acceptors (Lipinski definition) is 11. The molecular weight excluding hydrogens is 402 g/mol. The van der Waals surface area contributed by atoms with Crippen LogP contribution in [0.2, 0.25) is 0 Å². The Bertz CT molecular complexity index is 1330. The van der Waals surface area contributed by atoms with Gasteiger partial charge in [0, 0.05) is 12.1 Å². The second kappa shape index (κ2) is 7.82. The number of nitrogens with two attached hydrogens (primary N) is 3. The molecule has 0 aliphatic carbocycles. The van der Waals surface area contributed by atoms with Crippen LogP contribution in [0.5, 0.6) is 0 Å². The maximum atomic E-state index is 10.7. The Morgan fingerprint density at radius 2 is 1.42 bits per heavy atom. The fourth-order valence-corrected chi connectivity index (χ4v) is 2.63. The van der Waals surface area contributed by atoms with Crippen molar-refractivity contribution in [1.82, 2.24) is 14.6 Å². The minimum atomic E-state index is -0.508. The molecule has 31 heavy (non-hydrogen) atoms. The van der Waals surface area contributed by atoms with Gasteiger partial charge in [-0.05, 0) is 24.3 Å². The summed E-state index contributed by atoms with van der Waals surface area (Å²) in [7, 11) is 0. The van der Waals surface area contributed by atoms with E-state index in [0.717, 1.165) is 0 Å². The normalized spacial score (nSPS) is 11.6. The molecule has 0 bridgehead atoms. The molecule has 0 unspecified atom stereocenters. The van der Waals surface area contributed by atoms with Crippen LogP contribution in [0, 0.1) is 10.1 Å². The number of nitro groups is 1. The Labute approximate surface area is 174 Å². The van der Waals surface area contributed by atoms with Crippen molar-refractivity contribution in [3.8, 4) is 0 Å². The summed E-state index contributed by atoms with van der Waals surface area (Å²) >= 11 is 0. The SMILES string of the molecule is Nc1nc2c(N=Nc3ccc([N+](=O)[O-])cc3)c(N)nn2c(N)c1N=Nc1ccccc1. The molecule has 0 fully saturated rings. The first kappa shape index (κ1) is 19.4. The molecule has 154 valence electrons. The van der Waals surface area contributed by atoms with E-state index < -0.39 is 4.92 Å². The predicted octanol–water partition coefficient (Wildman–Crippen LogP) is 4.21. The average molecular weight is 417 g/mol. The van der Waals surface area contributed by atoms with Crippen LogP contribution in [0.3, 0.4) is 0 Å². The number of anilines is 3. The van der Waals surface area contributed by atoms with Crippen LogP contribution in [-0.2, 0) is 0 Å². The summed E-state index contributed by atoms with van der Waals surface area (Å²) in [6.07, 6.45) is 0. The number of fused-ring (bicyclic) bond motifs is 1. The summed E-state index contributed by atoms with van der Waals surface area (Å²) in [6.45, 7) is 0. The molecule has 0 spiro atoms. The zero-order valence-electron chi connectivity index (χ0n) is 15.8. The van der Waals surface area contributed by atoms with Gasteiger partial charge in [-0.1, -0.05) is 18.2 Å². The molecule has 6 N–H and O–H groups in total. The van der Waals surface area contributed by atoms with Gasteiger partial charge in [0.05, 0.1) is 16.3 Å². The smallest absolute Gasteiger partial charge is 0.269 e. The topological polar surface area (TPSA) is 201 Å². The number of rotatable bonds is 5. The summed E-state index contributed by atoms with van der Waals surface area (Å²) in [4.78, 5) is 14.5. The molecule has 2 aromatic carbocycles. The summed E-state index contributed by atoms with van der Waals surface area (Å²) in [5.74, 6) is 0.100. The van der Waals surface area contributed by atoms with Crippen molar-refractivity contribution in [2.45, 2.75) is 0 Å². The fourth-order valence-electron chi connectivity index (χ4n) is 2.63. The number of benzene rings is 2. The Kier molecular flexibility index (Phi) is 4.89. The van der Waals surface area contributed by atoms with E-state index >= 15 is 0 Å². The highest BCUT2D eigenvalue weighted by atomic mass is 16.6. The minimum absolute atomic E-state index is 0.0105. The van der Waals surface area contributed by atoms with Crippen molar-refractivity contribution in [3.63, 3.8) is 0 Å². The second-order valence-electron chi connectivity index (χ2n) is 6.21. The maximum Gasteiger partial charge on any atom is 0.269 e. The van der Waals surface area contributed by atoms with Gasteiger partial charge in [-0.3, -0.25) is 10.1 Å². The third-order valence-electron chi connectivity index (χ3n) is 4.15. The molecule has 0 aliphatic rings. The lowest BCUT2D eigenvalue weighted by Crippen LogP contribution is -2.04. The van der Waals surface area contributed by atoms with Crippen molar-refractivity contribution in [2.24, 2.45) is 20.5 Å². The summed E-state index contributed by atoms with van der Waals surface area (Å²) < 4.78 is 1.25. The lowest BCUT2D eigenvalue weighted by Gasteiger charge is -2.05. The molecular formula is C18H15N11O2. The number of nitrogen functional groups attached to an aromatic ring is 3. The number of azo groups is 2. The van der Waals surface area contributed by atoms with E-state index in [-0.39, 0.29) is 40.2 Å². The van der Waals surface area contributed by atoms with Gasteiger partial charge in [0.15, 0.2) is 34.5 Å². The summed E-state index contributed by atoms with van der Waals surface area (Å²) in [5, 5.41) is 31.1. The van der Waals surface area contributed by atoms with Crippen molar-refractivity contribution >= 4 is 51.5 Å². The third-order valence-corrected chi connectivity index (χ3v) is 4.15. The Hall–Kier alpha value is -4.94. The molecule has 13 nitrogen and oxygen atoms in total. The van der Waals surface area contributed by atoms with E-state index in [1.54, 1.807) is 12.1 Å². The lowest BCUT2D eigenvalue weighted by molar-refractivity contribution is -0.384. The molecule has 4 aromatic rings. The van der Waals surface area contributed by atoms with Crippen molar-refractivity contribution in [2.75, 3.05) is 17.2 Å². The molecule has 13 heteroatoms. The van der Waals surface area contributed by atoms with Gasteiger partial charge in [0.2, 0.25) is 0 Å². The van der Waals surface area contributed by atoms with Gasteiger partial charge in [-0.25, -0.2) is 4.98 Å². The summed E-state index contributed by atoms with van der Waals surface area (Å²) in [5.41, 5.74) is 19.5. The quantitative estimate of drug-likeness (QED) is 0.245. The van der Waals surface area contributed by atoms with E-state index in [9.17, 15) is 10.1 Å². The van der Waals surface area contributed by atoms with Crippen LogP contribution in [0.25, 0.3) is 5.65 Å². The largest absolute Gasteiger partial charge is 0.382 e. The van der Waals surface area contributed by atoms with Crippen LogP contribution in [-0.4, -0.2) is 19.5 Å². The molecule has 2 aromatic heterocycles.